The Morgan fingerprint density at radius 3 is 1.93 bits per heavy atom. The van der Waals surface area contributed by atoms with Crippen molar-refractivity contribution in [3.8, 4) is 0 Å². The third-order valence-corrected chi connectivity index (χ3v) is 4.73. The van der Waals surface area contributed by atoms with E-state index in [-0.39, 0.29) is 12.1 Å². The number of ether oxygens (including phenoxy) is 2. The summed E-state index contributed by atoms with van der Waals surface area (Å²) in [6.45, 7) is 8.26. The van der Waals surface area contributed by atoms with Crippen molar-refractivity contribution >= 4 is 5.97 Å². The number of carbonyl (C=O) groups excluding carboxylic acids is 1. The molecule has 0 aliphatic carbocycles. The zero-order valence-electron chi connectivity index (χ0n) is 17.3. The van der Waals surface area contributed by atoms with Crippen molar-refractivity contribution in [1.29, 1.82) is 0 Å². The van der Waals surface area contributed by atoms with E-state index in [0.717, 1.165) is 43.5 Å². The summed E-state index contributed by atoms with van der Waals surface area (Å²) < 4.78 is 12.2. The van der Waals surface area contributed by atoms with Gasteiger partial charge < -0.3 is 14.8 Å². The lowest BCUT2D eigenvalue weighted by Gasteiger charge is -2.35. The SMILES string of the molecule is CC.CCCOC(C(=O)OC1CCNCC1)(c1ccccc1)c1ccccc1. The van der Waals surface area contributed by atoms with Crippen LogP contribution in [0.25, 0.3) is 0 Å². The molecule has 0 atom stereocenters. The Bertz CT molecular complexity index is 642. The van der Waals surface area contributed by atoms with Crippen LogP contribution in [0.2, 0.25) is 0 Å². The summed E-state index contributed by atoms with van der Waals surface area (Å²) in [6, 6.07) is 19.4. The summed E-state index contributed by atoms with van der Waals surface area (Å²) in [5.74, 6) is -0.324. The lowest BCUT2D eigenvalue weighted by molar-refractivity contribution is -0.175. The molecule has 2 aromatic rings. The van der Waals surface area contributed by atoms with Crippen molar-refractivity contribution in [3.63, 3.8) is 0 Å². The fraction of sp³-hybridized carbons (Fsp3) is 0.458. The second-order valence-corrected chi connectivity index (χ2v) is 6.62. The van der Waals surface area contributed by atoms with Crippen LogP contribution in [0.1, 0.15) is 51.2 Å². The highest BCUT2D eigenvalue weighted by Crippen LogP contribution is 2.36. The van der Waals surface area contributed by atoms with Crippen LogP contribution in [-0.2, 0) is 19.9 Å². The summed E-state index contributed by atoms with van der Waals surface area (Å²) in [5.41, 5.74) is 0.376. The van der Waals surface area contributed by atoms with Gasteiger partial charge in [0.1, 0.15) is 6.10 Å². The second kappa shape index (κ2) is 11.6. The topological polar surface area (TPSA) is 47.6 Å². The molecule has 0 aromatic heterocycles. The van der Waals surface area contributed by atoms with Gasteiger partial charge in [-0.3, -0.25) is 0 Å². The van der Waals surface area contributed by atoms with Crippen LogP contribution in [0.5, 0.6) is 0 Å². The monoisotopic (exact) mass is 383 g/mol. The van der Waals surface area contributed by atoms with Gasteiger partial charge in [0.05, 0.1) is 0 Å². The minimum Gasteiger partial charge on any atom is -0.460 e. The number of rotatable bonds is 7. The number of hydrogen-bond acceptors (Lipinski definition) is 4. The number of nitrogens with one attached hydrogen (secondary N) is 1. The Balaban J connectivity index is 0.00000136. The fourth-order valence-electron chi connectivity index (χ4n) is 3.38. The van der Waals surface area contributed by atoms with Crippen molar-refractivity contribution in [3.05, 3.63) is 71.8 Å². The van der Waals surface area contributed by atoms with E-state index in [1.54, 1.807) is 0 Å². The standard InChI is InChI=1S/C22H27NO3.C2H6/c1-2-17-25-22(18-9-5-3-6-10-18,19-11-7-4-8-12-19)21(24)26-20-13-15-23-16-14-20;1-2/h3-12,20,23H,2,13-17H2,1H3;1-2H3. The number of benzene rings is 2. The van der Waals surface area contributed by atoms with Crippen LogP contribution in [0.4, 0.5) is 0 Å². The highest BCUT2D eigenvalue weighted by atomic mass is 16.6. The van der Waals surface area contributed by atoms with E-state index in [0.29, 0.717) is 6.61 Å². The summed E-state index contributed by atoms with van der Waals surface area (Å²) in [6.07, 6.45) is 2.42. The molecule has 1 aliphatic heterocycles. The first-order valence-corrected chi connectivity index (χ1v) is 10.4. The van der Waals surface area contributed by atoms with Crippen LogP contribution in [0.3, 0.4) is 0 Å². The van der Waals surface area contributed by atoms with Gasteiger partial charge in [-0.1, -0.05) is 81.4 Å². The average molecular weight is 384 g/mol. The quantitative estimate of drug-likeness (QED) is 0.706. The molecular weight excluding hydrogens is 350 g/mol. The van der Waals surface area contributed by atoms with Crippen LogP contribution in [0, 0.1) is 0 Å². The van der Waals surface area contributed by atoms with E-state index >= 15 is 0 Å². The molecule has 1 saturated heterocycles. The first-order chi connectivity index (χ1) is 13.8. The zero-order valence-corrected chi connectivity index (χ0v) is 17.3. The Morgan fingerprint density at radius 1 is 0.964 bits per heavy atom. The lowest BCUT2D eigenvalue weighted by atomic mass is 9.85. The third-order valence-electron chi connectivity index (χ3n) is 4.73. The number of esters is 1. The molecule has 1 aliphatic rings. The Morgan fingerprint density at radius 2 is 1.46 bits per heavy atom. The van der Waals surface area contributed by atoms with Gasteiger partial charge in [0.25, 0.3) is 0 Å². The molecule has 0 spiro atoms. The van der Waals surface area contributed by atoms with Gasteiger partial charge in [0.15, 0.2) is 0 Å². The summed E-state index contributed by atoms with van der Waals surface area (Å²) >= 11 is 0. The van der Waals surface area contributed by atoms with E-state index in [1.165, 1.54) is 0 Å². The summed E-state index contributed by atoms with van der Waals surface area (Å²) in [7, 11) is 0. The van der Waals surface area contributed by atoms with Gasteiger partial charge in [-0.2, -0.15) is 0 Å². The molecule has 1 heterocycles. The lowest BCUT2D eigenvalue weighted by Crippen LogP contribution is -2.45. The van der Waals surface area contributed by atoms with Gasteiger partial charge >= 0.3 is 5.97 Å². The zero-order chi connectivity index (χ0) is 20.2. The molecule has 2 aromatic carbocycles. The molecule has 4 heteroatoms. The highest BCUT2D eigenvalue weighted by Gasteiger charge is 2.45. The summed E-state index contributed by atoms with van der Waals surface area (Å²) in [5, 5.41) is 3.30. The normalized spacial score (nSPS) is 14.7. The van der Waals surface area contributed by atoms with Gasteiger partial charge in [0.2, 0.25) is 5.60 Å². The fourth-order valence-corrected chi connectivity index (χ4v) is 3.38. The van der Waals surface area contributed by atoms with Crippen LogP contribution in [-0.4, -0.2) is 31.8 Å². The van der Waals surface area contributed by atoms with Gasteiger partial charge in [-0.15, -0.1) is 0 Å². The molecule has 1 N–H and O–H groups in total. The largest absolute Gasteiger partial charge is 0.460 e. The Labute approximate surface area is 169 Å². The second-order valence-electron chi connectivity index (χ2n) is 6.62. The van der Waals surface area contributed by atoms with Crippen LogP contribution in [0.15, 0.2) is 60.7 Å². The smallest absolute Gasteiger partial charge is 0.348 e. The summed E-state index contributed by atoms with van der Waals surface area (Å²) in [4.78, 5) is 13.5. The molecule has 152 valence electrons. The molecule has 0 amide bonds. The third kappa shape index (κ3) is 5.21. The van der Waals surface area contributed by atoms with E-state index in [9.17, 15) is 4.79 Å². The van der Waals surface area contributed by atoms with Crippen molar-refractivity contribution in [2.75, 3.05) is 19.7 Å². The highest BCUT2D eigenvalue weighted by molar-refractivity contribution is 5.86. The molecule has 3 rings (SSSR count). The molecule has 28 heavy (non-hydrogen) atoms. The predicted molar refractivity (Wildman–Crippen MR) is 113 cm³/mol. The Hall–Kier alpha value is -2.17. The molecule has 0 saturated carbocycles. The van der Waals surface area contributed by atoms with Crippen molar-refractivity contribution in [1.82, 2.24) is 5.32 Å². The maximum absolute atomic E-state index is 13.5. The van der Waals surface area contributed by atoms with Crippen molar-refractivity contribution in [2.24, 2.45) is 0 Å². The minimum absolute atomic E-state index is 0.0687. The predicted octanol–water partition coefficient (Wildman–Crippen LogP) is 4.68. The van der Waals surface area contributed by atoms with Gasteiger partial charge in [-0.25, -0.2) is 4.79 Å². The van der Waals surface area contributed by atoms with Crippen LogP contribution < -0.4 is 5.32 Å². The van der Waals surface area contributed by atoms with Crippen LogP contribution >= 0.6 is 0 Å². The van der Waals surface area contributed by atoms with Gasteiger partial charge in [0, 0.05) is 6.61 Å². The maximum Gasteiger partial charge on any atom is 0.348 e. The molecule has 0 radical (unpaired) electrons. The van der Waals surface area contributed by atoms with E-state index < -0.39 is 5.60 Å². The molecule has 1 fully saturated rings. The average Bonchev–Trinajstić information content (AvgIpc) is 2.78. The minimum atomic E-state index is -1.23. The molecule has 0 bridgehead atoms. The first kappa shape index (κ1) is 22.1. The van der Waals surface area contributed by atoms with Crippen molar-refractivity contribution in [2.45, 2.75) is 51.7 Å². The molecule has 0 unspecified atom stereocenters. The number of carbonyl (C=O) groups is 1. The maximum atomic E-state index is 13.5. The number of piperidine rings is 1. The van der Waals surface area contributed by atoms with Gasteiger partial charge in [-0.05, 0) is 43.5 Å². The van der Waals surface area contributed by atoms with E-state index in [4.69, 9.17) is 9.47 Å². The molecular formula is C24H33NO3. The van der Waals surface area contributed by atoms with E-state index in [1.807, 2.05) is 81.4 Å². The molecule has 4 nitrogen and oxygen atoms in total. The van der Waals surface area contributed by atoms with Crippen molar-refractivity contribution < 1.29 is 14.3 Å². The van der Waals surface area contributed by atoms with E-state index in [2.05, 4.69) is 5.32 Å². The first-order valence-electron chi connectivity index (χ1n) is 10.4. The Kier molecular flexibility index (Phi) is 9.18. The number of hydrogen-bond donors (Lipinski definition) is 1.